The van der Waals surface area contributed by atoms with E-state index in [1.54, 1.807) is 24.0 Å². The van der Waals surface area contributed by atoms with Crippen molar-refractivity contribution in [2.45, 2.75) is 25.9 Å². The van der Waals surface area contributed by atoms with Crippen molar-refractivity contribution >= 4 is 23.6 Å². The van der Waals surface area contributed by atoms with Gasteiger partial charge in [0.25, 0.3) is 5.91 Å². The van der Waals surface area contributed by atoms with Gasteiger partial charge in [0.2, 0.25) is 0 Å². The molecule has 0 fully saturated rings. The molecule has 0 saturated carbocycles. The van der Waals surface area contributed by atoms with E-state index in [1.807, 2.05) is 36.4 Å². The highest BCUT2D eigenvalue weighted by Gasteiger charge is 2.25. The van der Waals surface area contributed by atoms with Crippen LogP contribution < -0.4 is 15.5 Å². The molecule has 146 valence electrons. The number of carbonyl (C=O) groups excluding carboxylic acids is 3. The first-order chi connectivity index (χ1) is 13.5. The number of nitrogens with one attached hydrogen (secondary N) is 2. The minimum atomic E-state index is -0.732. The summed E-state index contributed by atoms with van der Waals surface area (Å²) in [5.74, 6) is -0.545. The van der Waals surface area contributed by atoms with E-state index >= 15 is 0 Å². The van der Waals surface area contributed by atoms with Crippen molar-refractivity contribution in [2.24, 2.45) is 0 Å². The summed E-state index contributed by atoms with van der Waals surface area (Å²) in [6, 6.07) is 13.8. The van der Waals surface area contributed by atoms with E-state index < -0.39 is 18.0 Å². The third-order valence-corrected chi connectivity index (χ3v) is 4.67. The number of benzene rings is 2. The number of fused-ring (bicyclic) bond motifs is 1. The Morgan fingerprint density at radius 1 is 1.14 bits per heavy atom. The first-order valence-corrected chi connectivity index (χ1v) is 9.10. The summed E-state index contributed by atoms with van der Waals surface area (Å²) in [6.45, 7) is 2.46. The Bertz CT molecular complexity index is 882. The van der Waals surface area contributed by atoms with E-state index in [0.717, 1.165) is 23.2 Å². The molecule has 3 amide bonds. The van der Waals surface area contributed by atoms with Crippen molar-refractivity contribution in [2.75, 3.05) is 18.6 Å². The molecule has 7 nitrogen and oxygen atoms in total. The van der Waals surface area contributed by atoms with Crippen LogP contribution in [0.4, 0.5) is 10.5 Å². The summed E-state index contributed by atoms with van der Waals surface area (Å²) in [6.07, 6.45) is 0.804. The number of esters is 1. The van der Waals surface area contributed by atoms with E-state index in [2.05, 4.69) is 15.4 Å². The lowest BCUT2D eigenvalue weighted by atomic mass is 10.1. The average molecular weight is 381 g/mol. The fourth-order valence-corrected chi connectivity index (χ4v) is 3.15. The zero-order valence-corrected chi connectivity index (χ0v) is 15.9. The molecule has 0 aromatic heterocycles. The second-order valence-corrected chi connectivity index (χ2v) is 6.61. The molecule has 0 bridgehead atoms. The first kappa shape index (κ1) is 19.4. The maximum absolute atomic E-state index is 12.8. The molecule has 2 aromatic rings. The summed E-state index contributed by atoms with van der Waals surface area (Å²) in [5, 5.41) is 5.23. The van der Waals surface area contributed by atoms with Crippen LogP contribution in [0.15, 0.2) is 48.5 Å². The molecule has 28 heavy (non-hydrogen) atoms. The summed E-state index contributed by atoms with van der Waals surface area (Å²) in [7, 11) is 1.27. The van der Waals surface area contributed by atoms with Crippen LogP contribution in [0.2, 0.25) is 0 Å². The van der Waals surface area contributed by atoms with Gasteiger partial charge in [-0.15, -0.1) is 0 Å². The molecular formula is C21H23N3O4. The molecule has 2 N–H and O–H groups in total. The molecule has 1 aliphatic rings. The van der Waals surface area contributed by atoms with Crippen LogP contribution in [0.3, 0.4) is 0 Å². The van der Waals surface area contributed by atoms with Crippen molar-refractivity contribution in [3.8, 4) is 0 Å². The summed E-state index contributed by atoms with van der Waals surface area (Å²) in [5.41, 5.74) is 3.50. The Labute approximate surface area is 163 Å². The van der Waals surface area contributed by atoms with E-state index in [4.69, 9.17) is 0 Å². The van der Waals surface area contributed by atoms with Gasteiger partial charge in [0, 0.05) is 24.3 Å². The highest BCUT2D eigenvalue weighted by molar-refractivity contribution is 6.07. The normalized spacial score (nSPS) is 13.4. The Morgan fingerprint density at radius 3 is 2.61 bits per heavy atom. The Morgan fingerprint density at radius 2 is 1.89 bits per heavy atom. The zero-order chi connectivity index (χ0) is 20.1. The number of amides is 3. The summed E-state index contributed by atoms with van der Waals surface area (Å²) < 4.78 is 4.58. The highest BCUT2D eigenvalue weighted by Crippen LogP contribution is 2.30. The monoisotopic (exact) mass is 381 g/mol. The predicted octanol–water partition coefficient (Wildman–Crippen LogP) is 2.25. The van der Waals surface area contributed by atoms with Gasteiger partial charge in [-0.25, -0.2) is 9.59 Å². The van der Waals surface area contributed by atoms with Crippen LogP contribution in [-0.4, -0.2) is 37.6 Å². The lowest BCUT2D eigenvalue weighted by molar-refractivity contribution is -0.142. The van der Waals surface area contributed by atoms with Crippen LogP contribution >= 0.6 is 0 Å². The molecule has 0 spiro atoms. The van der Waals surface area contributed by atoms with Gasteiger partial charge in [-0.2, -0.15) is 0 Å². The Kier molecular flexibility index (Phi) is 5.93. The maximum atomic E-state index is 12.8. The van der Waals surface area contributed by atoms with E-state index in [9.17, 15) is 14.4 Å². The molecule has 0 unspecified atom stereocenters. The largest absolute Gasteiger partial charge is 0.467 e. The predicted molar refractivity (Wildman–Crippen MR) is 105 cm³/mol. The number of carbonyl (C=O) groups is 3. The standard InChI is InChI=1S/C21H23N3O4/c1-14(20(26)28-2)23-21(27)22-13-15-8-9-16-10-11-24(18(16)12-15)19(25)17-6-4-3-5-7-17/h3-9,12,14H,10-11,13H2,1-2H3,(H2,22,23,27)/t14-/m0/s1. The molecule has 0 saturated heterocycles. The number of hydrogen-bond donors (Lipinski definition) is 2. The molecule has 3 rings (SSSR count). The quantitative estimate of drug-likeness (QED) is 0.778. The van der Waals surface area contributed by atoms with Crippen molar-refractivity contribution in [3.63, 3.8) is 0 Å². The topological polar surface area (TPSA) is 87.7 Å². The minimum absolute atomic E-state index is 0.0332. The molecular weight excluding hydrogens is 358 g/mol. The van der Waals surface area contributed by atoms with Gasteiger partial charge in [0.15, 0.2) is 0 Å². The SMILES string of the molecule is COC(=O)[C@H](C)NC(=O)NCc1ccc2c(c1)N(C(=O)c1ccccc1)CC2. The minimum Gasteiger partial charge on any atom is -0.467 e. The number of hydrogen-bond acceptors (Lipinski definition) is 4. The number of urea groups is 1. The third-order valence-electron chi connectivity index (χ3n) is 4.67. The number of methoxy groups -OCH3 is 1. The van der Waals surface area contributed by atoms with Crippen molar-refractivity contribution < 1.29 is 19.1 Å². The van der Waals surface area contributed by atoms with Crippen LogP contribution in [0.5, 0.6) is 0 Å². The third kappa shape index (κ3) is 4.31. The van der Waals surface area contributed by atoms with Crippen molar-refractivity contribution in [1.29, 1.82) is 0 Å². The van der Waals surface area contributed by atoms with Gasteiger partial charge in [0.05, 0.1) is 7.11 Å². The summed E-state index contributed by atoms with van der Waals surface area (Å²) in [4.78, 5) is 37.9. The van der Waals surface area contributed by atoms with Crippen molar-refractivity contribution in [3.05, 3.63) is 65.2 Å². The Hall–Kier alpha value is -3.35. The number of nitrogens with zero attached hydrogens (tertiary/aromatic N) is 1. The van der Waals surface area contributed by atoms with Crippen molar-refractivity contribution in [1.82, 2.24) is 10.6 Å². The second kappa shape index (κ2) is 8.56. The van der Waals surface area contributed by atoms with Crippen LogP contribution in [0.25, 0.3) is 0 Å². The van der Waals surface area contributed by atoms with Gasteiger partial charge in [-0.05, 0) is 42.7 Å². The van der Waals surface area contributed by atoms with Gasteiger partial charge < -0.3 is 20.3 Å². The molecule has 1 heterocycles. The number of anilines is 1. The van der Waals surface area contributed by atoms with Gasteiger partial charge >= 0.3 is 12.0 Å². The van der Waals surface area contributed by atoms with E-state index in [1.165, 1.54) is 7.11 Å². The number of ether oxygens (including phenoxy) is 1. The summed E-state index contributed by atoms with van der Waals surface area (Å²) >= 11 is 0. The first-order valence-electron chi connectivity index (χ1n) is 9.10. The Balaban J connectivity index is 1.65. The van der Waals surface area contributed by atoms with E-state index in [-0.39, 0.29) is 12.5 Å². The fraction of sp³-hybridized carbons (Fsp3) is 0.286. The van der Waals surface area contributed by atoms with Gasteiger partial charge in [0.1, 0.15) is 6.04 Å². The molecule has 0 aliphatic carbocycles. The fourth-order valence-electron chi connectivity index (χ4n) is 3.15. The maximum Gasteiger partial charge on any atom is 0.328 e. The lowest BCUT2D eigenvalue weighted by Crippen LogP contribution is -2.44. The smallest absolute Gasteiger partial charge is 0.328 e. The molecule has 1 atom stereocenters. The van der Waals surface area contributed by atoms with Crippen LogP contribution in [0.1, 0.15) is 28.4 Å². The van der Waals surface area contributed by atoms with Crippen LogP contribution in [0, 0.1) is 0 Å². The molecule has 2 aromatic carbocycles. The molecule has 0 radical (unpaired) electrons. The molecule has 1 aliphatic heterocycles. The number of rotatable bonds is 5. The van der Waals surface area contributed by atoms with Gasteiger partial charge in [-0.3, -0.25) is 4.79 Å². The second-order valence-electron chi connectivity index (χ2n) is 6.61. The lowest BCUT2D eigenvalue weighted by Gasteiger charge is -2.18. The highest BCUT2D eigenvalue weighted by atomic mass is 16.5. The molecule has 7 heteroatoms. The van der Waals surface area contributed by atoms with E-state index in [0.29, 0.717) is 12.1 Å². The zero-order valence-electron chi connectivity index (χ0n) is 15.9. The average Bonchev–Trinajstić information content (AvgIpc) is 3.14. The van der Waals surface area contributed by atoms with Gasteiger partial charge in [-0.1, -0.05) is 30.3 Å². The van der Waals surface area contributed by atoms with Crippen LogP contribution in [-0.2, 0) is 22.5 Å².